The maximum Gasteiger partial charge on any atom is 0.00129 e. The van der Waals surface area contributed by atoms with Crippen LogP contribution >= 0.6 is 0 Å². The molecule has 17 heavy (non-hydrogen) atoms. The largest absolute Gasteiger partial charge is 0.303 e. The van der Waals surface area contributed by atoms with Crippen LogP contribution in [0.5, 0.6) is 0 Å². The summed E-state index contributed by atoms with van der Waals surface area (Å²) in [5, 5.41) is 0. The van der Waals surface area contributed by atoms with E-state index >= 15 is 0 Å². The van der Waals surface area contributed by atoms with Gasteiger partial charge in [0.05, 0.1) is 0 Å². The molecule has 1 aliphatic heterocycles. The fourth-order valence-electron chi connectivity index (χ4n) is 3.89. The van der Waals surface area contributed by atoms with Crippen molar-refractivity contribution in [2.24, 2.45) is 17.8 Å². The van der Waals surface area contributed by atoms with Crippen molar-refractivity contribution in [1.82, 2.24) is 4.90 Å². The smallest absolute Gasteiger partial charge is 0.00129 e. The summed E-state index contributed by atoms with van der Waals surface area (Å²) in [6, 6.07) is 11.0. The Morgan fingerprint density at radius 2 is 1.71 bits per heavy atom. The monoisotopic (exact) mass is 229 g/mol. The summed E-state index contributed by atoms with van der Waals surface area (Å²) in [4.78, 5) is 2.63. The van der Waals surface area contributed by atoms with Crippen LogP contribution < -0.4 is 0 Å². The van der Waals surface area contributed by atoms with Crippen molar-refractivity contribution in [3.8, 4) is 0 Å². The van der Waals surface area contributed by atoms with E-state index in [4.69, 9.17) is 0 Å². The summed E-state index contributed by atoms with van der Waals surface area (Å²) in [6.45, 7) is 6.28. The summed E-state index contributed by atoms with van der Waals surface area (Å²) in [5.41, 5.74) is 1.53. The number of fused-ring (bicyclic) bond motifs is 1. The molecule has 1 aliphatic carbocycles. The van der Waals surface area contributed by atoms with Gasteiger partial charge in [0.15, 0.2) is 0 Å². The maximum absolute atomic E-state index is 2.63. The van der Waals surface area contributed by atoms with Gasteiger partial charge in [0.1, 0.15) is 0 Å². The third kappa shape index (κ3) is 2.40. The number of rotatable bonds is 3. The highest BCUT2D eigenvalue weighted by molar-refractivity contribution is 5.15. The second-order valence-corrected chi connectivity index (χ2v) is 5.90. The fraction of sp³-hybridized carbons (Fsp3) is 0.625. The van der Waals surface area contributed by atoms with E-state index in [0.717, 1.165) is 17.8 Å². The van der Waals surface area contributed by atoms with Gasteiger partial charge in [-0.1, -0.05) is 37.3 Å². The summed E-state index contributed by atoms with van der Waals surface area (Å²) in [7, 11) is 0. The lowest BCUT2D eigenvalue weighted by atomic mass is 9.96. The quantitative estimate of drug-likeness (QED) is 0.769. The predicted molar refractivity (Wildman–Crippen MR) is 72.0 cm³/mol. The summed E-state index contributed by atoms with van der Waals surface area (Å²) < 4.78 is 0. The average molecular weight is 229 g/mol. The van der Waals surface area contributed by atoms with Crippen molar-refractivity contribution < 1.29 is 0 Å². The minimum Gasteiger partial charge on any atom is -0.303 e. The Labute approximate surface area is 105 Å². The van der Waals surface area contributed by atoms with Crippen molar-refractivity contribution in [1.29, 1.82) is 0 Å². The standard InChI is InChI=1S/C16H23N/c1-2-17-11-15-9-14(10-16(15)12-17)8-13-6-4-3-5-7-13/h3-7,14-16H,2,8-12H2,1H3/t14?,15-,16+. The molecule has 0 spiro atoms. The second-order valence-electron chi connectivity index (χ2n) is 5.90. The number of nitrogens with zero attached hydrogens (tertiary/aromatic N) is 1. The lowest BCUT2D eigenvalue weighted by molar-refractivity contribution is 0.311. The Kier molecular flexibility index (Phi) is 3.19. The molecule has 0 radical (unpaired) electrons. The molecular formula is C16H23N. The van der Waals surface area contributed by atoms with Gasteiger partial charge in [0, 0.05) is 13.1 Å². The van der Waals surface area contributed by atoms with Gasteiger partial charge in [-0.05, 0) is 49.1 Å². The maximum atomic E-state index is 2.63. The third-order valence-electron chi connectivity index (χ3n) is 4.74. The van der Waals surface area contributed by atoms with E-state index in [0.29, 0.717) is 0 Å². The highest BCUT2D eigenvalue weighted by Gasteiger charge is 2.39. The molecule has 1 heteroatoms. The van der Waals surface area contributed by atoms with Crippen LogP contribution in [-0.2, 0) is 6.42 Å². The van der Waals surface area contributed by atoms with E-state index in [-0.39, 0.29) is 0 Å². The van der Waals surface area contributed by atoms with Crippen molar-refractivity contribution in [3.05, 3.63) is 35.9 Å². The van der Waals surface area contributed by atoms with Crippen LogP contribution in [0.3, 0.4) is 0 Å². The third-order valence-corrected chi connectivity index (χ3v) is 4.74. The summed E-state index contributed by atoms with van der Waals surface area (Å²) in [5.74, 6) is 2.96. The first-order chi connectivity index (χ1) is 8.35. The normalized spacial score (nSPS) is 32.9. The van der Waals surface area contributed by atoms with Crippen LogP contribution in [0.2, 0.25) is 0 Å². The zero-order valence-corrected chi connectivity index (χ0v) is 10.8. The molecular weight excluding hydrogens is 206 g/mol. The highest BCUT2D eigenvalue weighted by Crippen LogP contribution is 2.42. The van der Waals surface area contributed by atoms with E-state index in [1.165, 1.54) is 44.5 Å². The van der Waals surface area contributed by atoms with Gasteiger partial charge in [-0.2, -0.15) is 0 Å². The van der Waals surface area contributed by atoms with E-state index in [1.54, 1.807) is 0 Å². The van der Waals surface area contributed by atoms with Crippen molar-refractivity contribution in [2.45, 2.75) is 26.2 Å². The molecule has 0 aromatic heterocycles. The molecule has 0 amide bonds. The molecule has 92 valence electrons. The Bertz CT molecular complexity index is 345. The van der Waals surface area contributed by atoms with Crippen LogP contribution in [0.15, 0.2) is 30.3 Å². The van der Waals surface area contributed by atoms with E-state index in [9.17, 15) is 0 Å². The first kappa shape index (κ1) is 11.3. The SMILES string of the molecule is CCN1C[C@H]2CC(Cc3ccccc3)C[C@H]2C1. The van der Waals surface area contributed by atoms with Gasteiger partial charge in [-0.25, -0.2) is 0 Å². The molecule has 1 aromatic rings. The second kappa shape index (κ2) is 4.81. The number of hydrogen-bond acceptors (Lipinski definition) is 1. The van der Waals surface area contributed by atoms with Crippen LogP contribution in [-0.4, -0.2) is 24.5 Å². The number of benzene rings is 1. The summed E-state index contributed by atoms with van der Waals surface area (Å²) >= 11 is 0. The molecule has 0 bridgehead atoms. The first-order valence-electron chi connectivity index (χ1n) is 7.11. The zero-order chi connectivity index (χ0) is 11.7. The van der Waals surface area contributed by atoms with E-state index in [2.05, 4.69) is 42.2 Å². The van der Waals surface area contributed by atoms with Crippen LogP contribution in [0.1, 0.15) is 25.3 Å². The number of hydrogen-bond donors (Lipinski definition) is 0. The van der Waals surface area contributed by atoms with Gasteiger partial charge in [0.2, 0.25) is 0 Å². The molecule has 0 N–H and O–H groups in total. The Balaban J connectivity index is 1.56. The van der Waals surface area contributed by atoms with Crippen LogP contribution in [0, 0.1) is 17.8 Å². The Morgan fingerprint density at radius 3 is 2.29 bits per heavy atom. The summed E-state index contributed by atoms with van der Waals surface area (Å²) in [6.07, 6.45) is 4.24. The van der Waals surface area contributed by atoms with E-state index in [1.807, 2.05) is 0 Å². The van der Waals surface area contributed by atoms with Gasteiger partial charge in [0.25, 0.3) is 0 Å². The molecule has 1 heterocycles. The molecule has 1 nitrogen and oxygen atoms in total. The van der Waals surface area contributed by atoms with Gasteiger partial charge >= 0.3 is 0 Å². The van der Waals surface area contributed by atoms with E-state index < -0.39 is 0 Å². The Morgan fingerprint density at radius 1 is 1.06 bits per heavy atom. The fourth-order valence-corrected chi connectivity index (χ4v) is 3.89. The molecule has 1 saturated heterocycles. The van der Waals surface area contributed by atoms with Crippen LogP contribution in [0.25, 0.3) is 0 Å². The van der Waals surface area contributed by atoms with Gasteiger partial charge in [-0.3, -0.25) is 0 Å². The molecule has 2 fully saturated rings. The minimum absolute atomic E-state index is 0.950. The van der Waals surface area contributed by atoms with Crippen molar-refractivity contribution >= 4 is 0 Å². The van der Waals surface area contributed by atoms with Crippen molar-refractivity contribution in [2.75, 3.05) is 19.6 Å². The highest BCUT2D eigenvalue weighted by atomic mass is 15.1. The molecule has 3 atom stereocenters. The average Bonchev–Trinajstić information content (AvgIpc) is 2.87. The minimum atomic E-state index is 0.950. The molecule has 1 unspecified atom stereocenters. The molecule has 3 rings (SSSR count). The van der Waals surface area contributed by atoms with Crippen LogP contribution in [0.4, 0.5) is 0 Å². The molecule has 1 aromatic carbocycles. The van der Waals surface area contributed by atoms with Crippen molar-refractivity contribution in [3.63, 3.8) is 0 Å². The first-order valence-corrected chi connectivity index (χ1v) is 7.11. The van der Waals surface area contributed by atoms with Gasteiger partial charge < -0.3 is 4.90 Å². The lowest BCUT2D eigenvalue weighted by Crippen LogP contribution is -2.21. The molecule has 2 aliphatic rings. The topological polar surface area (TPSA) is 3.24 Å². The van der Waals surface area contributed by atoms with Gasteiger partial charge in [-0.15, -0.1) is 0 Å². The predicted octanol–water partition coefficient (Wildman–Crippen LogP) is 3.21. The number of likely N-dealkylation sites (tertiary alicyclic amines) is 1. The molecule has 1 saturated carbocycles. The zero-order valence-electron chi connectivity index (χ0n) is 10.8. The lowest BCUT2D eigenvalue weighted by Gasteiger charge is -2.16. The Hall–Kier alpha value is -0.820.